The van der Waals surface area contributed by atoms with Crippen LogP contribution < -0.4 is 5.46 Å². The molecule has 0 saturated carbocycles. The maximum atomic E-state index is 14.1. The van der Waals surface area contributed by atoms with Gasteiger partial charge in [-0.1, -0.05) is 95.2 Å². The number of Topliss-reactive ketones (excluding diaryl/α,β-unsaturated/α-hetero) is 1. The van der Waals surface area contributed by atoms with Crippen molar-refractivity contribution in [2.75, 3.05) is 5.75 Å². The lowest BCUT2D eigenvalue weighted by Gasteiger charge is -2.17. The van der Waals surface area contributed by atoms with Crippen LogP contribution in [0.3, 0.4) is 0 Å². The molecule has 2 nitrogen and oxygen atoms in total. The molecule has 0 aliphatic heterocycles. The molecule has 0 N–H and O–H groups in total. The van der Waals surface area contributed by atoms with Crippen molar-refractivity contribution >= 4 is 28.2 Å². The Morgan fingerprint density at radius 3 is 1.33 bits per heavy atom. The Bertz CT molecular complexity index is 1740. The molecule has 0 bridgehead atoms. The van der Waals surface area contributed by atoms with Gasteiger partial charge in [-0.05, 0) is 47.3 Å². The third kappa shape index (κ3) is 7.75. The van der Waals surface area contributed by atoms with Crippen molar-refractivity contribution in [3.63, 3.8) is 0 Å². The molecule has 0 unspecified atom stereocenters. The number of benzene rings is 5. The van der Waals surface area contributed by atoms with E-state index in [0.717, 1.165) is 12.0 Å². The van der Waals surface area contributed by atoms with Gasteiger partial charge in [-0.15, -0.1) is 0 Å². The number of halogens is 8. The van der Waals surface area contributed by atoms with Gasteiger partial charge < -0.3 is 12.9 Å². The SMILES string of the molecule is Fc1c(F)c(F)c([B-](F)(F)F)c(F)c1F.O=C(C[S+](=O)(c1ccccc1)c1ccccc1)c1ccc(Cc2ccccc2)cc1. The van der Waals surface area contributed by atoms with Crippen molar-refractivity contribution < 1.29 is 43.9 Å². The van der Waals surface area contributed by atoms with Crippen LogP contribution in [-0.2, 0) is 20.6 Å². The first-order valence-corrected chi connectivity index (χ1v) is 15.0. The molecule has 0 aromatic heterocycles. The summed E-state index contributed by atoms with van der Waals surface area (Å²) in [6, 6.07) is 36.5. The molecule has 12 heteroatoms. The summed E-state index contributed by atoms with van der Waals surface area (Å²) in [4.78, 5) is 14.5. The smallest absolute Gasteiger partial charge is 0.445 e. The van der Waals surface area contributed by atoms with E-state index in [-0.39, 0.29) is 11.5 Å². The number of carbonyl (C=O) groups is 1. The quantitative estimate of drug-likeness (QED) is 0.0423. The van der Waals surface area contributed by atoms with Gasteiger partial charge >= 0.3 is 6.98 Å². The Balaban J connectivity index is 0.000000259. The van der Waals surface area contributed by atoms with Gasteiger partial charge in [0.25, 0.3) is 0 Å². The van der Waals surface area contributed by atoms with E-state index < -0.39 is 51.5 Å². The summed E-state index contributed by atoms with van der Waals surface area (Å²) in [6.45, 7) is -6.30. The lowest BCUT2D eigenvalue weighted by molar-refractivity contribution is 0.102. The molecule has 0 heterocycles. The standard InChI is InChI=1S/C27H23O2S.C6BF8/c28-27(24-18-16-23(17-19-24)20-22-10-4-1-5-11-22)21-30(29,25-12-6-2-7-13-25)26-14-8-3-9-15-26;8-2-1(7(13,14)15)3(9)5(11)6(12)4(2)10/h1-19H,20-21H2;/q+1;-1. The zero-order valence-electron chi connectivity index (χ0n) is 23.2. The average molecular weight is 646 g/mol. The lowest BCUT2D eigenvalue weighted by atomic mass is 9.79. The molecule has 0 aliphatic carbocycles. The third-order valence-electron chi connectivity index (χ3n) is 6.68. The molecule has 0 aliphatic rings. The average Bonchev–Trinajstić information content (AvgIpc) is 3.04. The van der Waals surface area contributed by atoms with Crippen molar-refractivity contribution in [3.05, 3.63) is 161 Å². The van der Waals surface area contributed by atoms with Gasteiger partial charge in [-0.25, -0.2) is 22.0 Å². The summed E-state index contributed by atoms with van der Waals surface area (Å²) in [7, 11) is -2.70. The summed E-state index contributed by atoms with van der Waals surface area (Å²) in [5, 5.41) is 0. The first-order valence-electron chi connectivity index (χ1n) is 13.3. The predicted octanol–water partition coefficient (Wildman–Crippen LogP) is 8.51. The van der Waals surface area contributed by atoms with Crippen molar-refractivity contribution in [1.82, 2.24) is 0 Å². The Labute approximate surface area is 254 Å². The molecule has 45 heavy (non-hydrogen) atoms. The van der Waals surface area contributed by atoms with Gasteiger partial charge in [-0.2, -0.15) is 0 Å². The molecule has 0 fully saturated rings. The van der Waals surface area contributed by atoms with Crippen LogP contribution in [0.5, 0.6) is 0 Å². The normalized spacial score (nSPS) is 11.5. The van der Waals surface area contributed by atoms with Crippen LogP contribution >= 0.6 is 0 Å². The number of hydrogen-bond acceptors (Lipinski definition) is 2. The second kappa shape index (κ2) is 14.0. The molecule has 0 amide bonds. The first kappa shape index (κ1) is 33.3. The predicted molar refractivity (Wildman–Crippen MR) is 157 cm³/mol. The number of hydrogen-bond donors (Lipinski definition) is 0. The summed E-state index contributed by atoms with van der Waals surface area (Å²) in [5.74, 6) is -13.7. The molecule has 5 aromatic carbocycles. The van der Waals surface area contributed by atoms with E-state index >= 15 is 0 Å². The summed E-state index contributed by atoms with van der Waals surface area (Å²) >= 11 is 0. The molecular formula is C33H23BF8O2S. The van der Waals surface area contributed by atoms with E-state index in [1.54, 1.807) is 0 Å². The van der Waals surface area contributed by atoms with Crippen LogP contribution in [0, 0.1) is 29.1 Å². The summed E-state index contributed by atoms with van der Waals surface area (Å²) in [5.41, 5.74) is 0.232. The van der Waals surface area contributed by atoms with Crippen LogP contribution in [0.15, 0.2) is 125 Å². The highest BCUT2D eigenvalue weighted by Crippen LogP contribution is 2.30. The van der Waals surface area contributed by atoms with Gasteiger partial charge in [0, 0.05) is 5.56 Å². The van der Waals surface area contributed by atoms with E-state index in [2.05, 4.69) is 12.1 Å². The van der Waals surface area contributed by atoms with E-state index in [0.29, 0.717) is 15.4 Å². The Morgan fingerprint density at radius 2 is 0.911 bits per heavy atom. The fourth-order valence-electron chi connectivity index (χ4n) is 4.40. The van der Waals surface area contributed by atoms with Gasteiger partial charge in [0.2, 0.25) is 5.78 Å². The monoisotopic (exact) mass is 646 g/mol. The fraction of sp³-hybridized carbons (Fsp3) is 0.0606. The van der Waals surface area contributed by atoms with E-state index in [1.807, 2.05) is 103 Å². The highest BCUT2D eigenvalue weighted by atomic mass is 32.2. The van der Waals surface area contributed by atoms with Gasteiger partial charge in [0.15, 0.2) is 42.9 Å². The lowest BCUT2D eigenvalue weighted by Crippen LogP contribution is -2.41. The topological polar surface area (TPSA) is 34.1 Å². The zero-order chi connectivity index (χ0) is 32.8. The highest BCUT2D eigenvalue weighted by Gasteiger charge is 2.38. The highest BCUT2D eigenvalue weighted by molar-refractivity contribution is 8.03. The van der Waals surface area contributed by atoms with Gasteiger partial charge in [0.1, 0.15) is 11.6 Å². The van der Waals surface area contributed by atoms with Crippen LogP contribution in [-0.4, -0.2) is 18.5 Å². The second-order valence-corrected chi connectivity index (χ2v) is 12.4. The molecule has 5 aromatic rings. The second-order valence-electron chi connectivity index (χ2n) is 9.79. The Morgan fingerprint density at radius 1 is 0.533 bits per heavy atom. The van der Waals surface area contributed by atoms with Crippen LogP contribution in [0.4, 0.5) is 34.9 Å². The van der Waals surface area contributed by atoms with Gasteiger partial charge in [-0.3, -0.25) is 4.79 Å². The van der Waals surface area contributed by atoms with E-state index in [1.165, 1.54) is 5.56 Å². The van der Waals surface area contributed by atoms with E-state index in [9.17, 15) is 43.9 Å². The largest absolute Gasteiger partial charge is 0.515 e. The minimum absolute atomic E-state index is 0.0426. The van der Waals surface area contributed by atoms with Crippen molar-refractivity contribution in [3.8, 4) is 0 Å². The molecule has 0 spiro atoms. The number of rotatable bonds is 8. The molecule has 5 rings (SSSR count). The molecule has 0 atom stereocenters. The van der Waals surface area contributed by atoms with E-state index in [4.69, 9.17) is 0 Å². The number of carbonyl (C=O) groups excluding carboxylic acids is 1. The van der Waals surface area contributed by atoms with Gasteiger partial charge in [0.05, 0.1) is 0 Å². The fourth-order valence-corrected chi connectivity index (χ4v) is 6.74. The molecule has 0 radical (unpaired) electrons. The Hall–Kier alpha value is -4.58. The van der Waals surface area contributed by atoms with Crippen molar-refractivity contribution in [2.24, 2.45) is 0 Å². The first-order chi connectivity index (χ1) is 21.3. The maximum Gasteiger partial charge on any atom is 0.515 e. The van der Waals surface area contributed by atoms with Crippen LogP contribution in [0.1, 0.15) is 21.5 Å². The van der Waals surface area contributed by atoms with Crippen LogP contribution in [0.25, 0.3) is 0 Å². The summed E-state index contributed by atoms with van der Waals surface area (Å²) in [6.07, 6.45) is 0.820. The zero-order valence-corrected chi connectivity index (χ0v) is 24.0. The van der Waals surface area contributed by atoms with Crippen molar-refractivity contribution in [1.29, 1.82) is 0 Å². The Kier molecular flexibility index (Phi) is 10.4. The molecule has 0 saturated heterocycles. The molecule has 232 valence electrons. The summed E-state index contributed by atoms with van der Waals surface area (Å²) < 4.78 is 112. The molecular weight excluding hydrogens is 623 g/mol. The number of ketones is 1. The maximum absolute atomic E-state index is 14.1. The van der Waals surface area contributed by atoms with Crippen molar-refractivity contribution in [2.45, 2.75) is 16.2 Å². The minimum atomic E-state index is -6.30. The third-order valence-corrected chi connectivity index (χ3v) is 9.42. The van der Waals surface area contributed by atoms with Crippen LogP contribution in [0.2, 0.25) is 0 Å². The minimum Gasteiger partial charge on any atom is -0.445 e.